The van der Waals surface area contributed by atoms with Crippen LogP contribution in [0.3, 0.4) is 0 Å². The summed E-state index contributed by atoms with van der Waals surface area (Å²) >= 11 is 6.10. The van der Waals surface area contributed by atoms with E-state index in [-0.39, 0.29) is 0 Å². The number of rotatable bonds is 6. The van der Waals surface area contributed by atoms with Gasteiger partial charge in [-0.1, -0.05) is 36.6 Å². The Hall–Kier alpha value is -0.730. The van der Waals surface area contributed by atoms with Crippen LogP contribution in [0.5, 0.6) is 0 Å². The first-order valence-electron chi connectivity index (χ1n) is 6.92. The highest BCUT2D eigenvalue weighted by Gasteiger charge is 2.16. The van der Waals surface area contributed by atoms with E-state index in [9.17, 15) is 0 Å². The second-order valence-electron chi connectivity index (χ2n) is 5.32. The van der Waals surface area contributed by atoms with Gasteiger partial charge in [-0.05, 0) is 37.9 Å². The third-order valence-corrected chi connectivity index (χ3v) is 4.06. The van der Waals surface area contributed by atoms with E-state index < -0.39 is 0 Å². The fraction of sp³-hybridized carbons (Fsp3) is 0.600. The molecule has 0 aromatic heterocycles. The average molecular weight is 267 g/mol. The highest BCUT2D eigenvalue weighted by molar-refractivity contribution is 6.33. The first-order valence-corrected chi connectivity index (χ1v) is 7.30. The van der Waals surface area contributed by atoms with Crippen LogP contribution in [0.4, 0.5) is 5.69 Å². The molecule has 100 valence electrons. The van der Waals surface area contributed by atoms with Crippen molar-refractivity contribution in [3.8, 4) is 0 Å². The van der Waals surface area contributed by atoms with Crippen LogP contribution in [0.25, 0.3) is 0 Å². The van der Waals surface area contributed by atoms with Crippen LogP contribution in [0.2, 0.25) is 5.02 Å². The van der Waals surface area contributed by atoms with Gasteiger partial charge in [0.2, 0.25) is 0 Å². The van der Waals surface area contributed by atoms with E-state index in [0.717, 1.165) is 29.7 Å². The van der Waals surface area contributed by atoms with Crippen LogP contribution in [0.1, 0.15) is 25.7 Å². The zero-order chi connectivity index (χ0) is 12.8. The lowest BCUT2D eigenvalue weighted by Gasteiger charge is -2.21. The molecule has 18 heavy (non-hydrogen) atoms. The Morgan fingerprint density at radius 2 is 2.00 bits per heavy atom. The van der Waals surface area contributed by atoms with Crippen molar-refractivity contribution in [2.75, 3.05) is 32.0 Å². The second kappa shape index (κ2) is 7.01. The maximum absolute atomic E-state index is 6.10. The number of hydrogen-bond acceptors (Lipinski definition) is 2. The van der Waals surface area contributed by atoms with Gasteiger partial charge in [0.1, 0.15) is 0 Å². The van der Waals surface area contributed by atoms with E-state index in [1.165, 1.54) is 32.2 Å². The van der Waals surface area contributed by atoms with Crippen LogP contribution in [0, 0.1) is 5.92 Å². The van der Waals surface area contributed by atoms with E-state index in [1.54, 1.807) is 0 Å². The monoisotopic (exact) mass is 266 g/mol. The van der Waals surface area contributed by atoms with Gasteiger partial charge in [0.15, 0.2) is 0 Å². The Balaban J connectivity index is 1.67. The summed E-state index contributed by atoms with van der Waals surface area (Å²) in [5.41, 5.74) is 1.04. The van der Waals surface area contributed by atoms with Gasteiger partial charge in [-0.2, -0.15) is 0 Å². The lowest BCUT2D eigenvalue weighted by atomic mass is 10.1. The molecule has 1 saturated carbocycles. The number of hydrogen-bond donors (Lipinski definition) is 1. The quantitative estimate of drug-likeness (QED) is 0.841. The molecule has 0 aliphatic heterocycles. The molecule has 0 amide bonds. The van der Waals surface area contributed by atoms with Crippen molar-refractivity contribution >= 4 is 17.3 Å². The molecule has 0 atom stereocenters. The van der Waals surface area contributed by atoms with Crippen molar-refractivity contribution in [3.05, 3.63) is 29.3 Å². The normalized spacial score (nSPS) is 16.4. The molecule has 0 unspecified atom stereocenters. The predicted octanol–water partition coefficient (Wildman–Crippen LogP) is 3.87. The molecule has 3 heteroatoms. The number of benzene rings is 1. The number of likely N-dealkylation sites (N-methyl/N-ethyl adjacent to an activating group) is 1. The molecular weight excluding hydrogens is 244 g/mol. The summed E-state index contributed by atoms with van der Waals surface area (Å²) in [6.07, 6.45) is 5.69. The van der Waals surface area contributed by atoms with Gasteiger partial charge < -0.3 is 10.2 Å². The SMILES string of the molecule is CN(CCNc1ccccc1Cl)CC1CCCC1. The van der Waals surface area contributed by atoms with Crippen LogP contribution in [0.15, 0.2) is 24.3 Å². The van der Waals surface area contributed by atoms with E-state index in [4.69, 9.17) is 11.6 Å². The molecule has 1 aliphatic carbocycles. The highest BCUT2D eigenvalue weighted by Crippen LogP contribution is 2.25. The Morgan fingerprint density at radius 1 is 1.28 bits per heavy atom. The van der Waals surface area contributed by atoms with Crippen molar-refractivity contribution in [2.24, 2.45) is 5.92 Å². The van der Waals surface area contributed by atoms with Crippen molar-refractivity contribution in [3.63, 3.8) is 0 Å². The molecule has 0 bridgehead atoms. The third kappa shape index (κ3) is 4.18. The summed E-state index contributed by atoms with van der Waals surface area (Å²) in [5.74, 6) is 0.926. The van der Waals surface area contributed by atoms with Crippen molar-refractivity contribution in [1.82, 2.24) is 4.90 Å². The van der Waals surface area contributed by atoms with Crippen molar-refractivity contribution in [1.29, 1.82) is 0 Å². The number of halogens is 1. The lowest BCUT2D eigenvalue weighted by Crippen LogP contribution is -2.29. The number of para-hydroxylation sites is 1. The van der Waals surface area contributed by atoms with E-state index in [2.05, 4.69) is 17.3 Å². The first kappa shape index (κ1) is 13.7. The number of anilines is 1. The van der Waals surface area contributed by atoms with Crippen LogP contribution in [-0.4, -0.2) is 31.6 Å². The van der Waals surface area contributed by atoms with Gasteiger partial charge in [-0.25, -0.2) is 0 Å². The summed E-state index contributed by atoms with van der Waals surface area (Å²) in [6.45, 7) is 3.26. The maximum atomic E-state index is 6.10. The molecule has 0 saturated heterocycles. The molecule has 0 spiro atoms. The maximum Gasteiger partial charge on any atom is 0.0637 e. The number of nitrogens with zero attached hydrogens (tertiary/aromatic N) is 1. The summed E-state index contributed by atoms with van der Waals surface area (Å²) < 4.78 is 0. The highest BCUT2D eigenvalue weighted by atomic mass is 35.5. The van der Waals surface area contributed by atoms with Gasteiger partial charge in [0, 0.05) is 19.6 Å². The Morgan fingerprint density at radius 3 is 2.72 bits per heavy atom. The van der Waals surface area contributed by atoms with Crippen LogP contribution in [-0.2, 0) is 0 Å². The summed E-state index contributed by atoms with van der Waals surface area (Å²) in [5, 5.41) is 4.20. The molecule has 1 aromatic carbocycles. The Bertz CT molecular complexity index is 361. The number of nitrogens with one attached hydrogen (secondary N) is 1. The molecule has 0 heterocycles. The molecule has 1 aromatic rings. The summed E-state index contributed by atoms with van der Waals surface area (Å²) in [6, 6.07) is 7.92. The lowest BCUT2D eigenvalue weighted by molar-refractivity contribution is 0.287. The molecule has 0 radical (unpaired) electrons. The molecular formula is C15H23ClN2. The van der Waals surface area contributed by atoms with E-state index in [0.29, 0.717) is 0 Å². The smallest absolute Gasteiger partial charge is 0.0637 e. The van der Waals surface area contributed by atoms with Gasteiger partial charge in [0.25, 0.3) is 0 Å². The zero-order valence-electron chi connectivity index (χ0n) is 11.2. The van der Waals surface area contributed by atoms with Crippen molar-refractivity contribution in [2.45, 2.75) is 25.7 Å². The van der Waals surface area contributed by atoms with Gasteiger partial charge >= 0.3 is 0 Å². The second-order valence-corrected chi connectivity index (χ2v) is 5.73. The molecule has 1 aliphatic rings. The van der Waals surface area contributed by atoms with Gasteiger partial charge in [-0.15, -0.1) is 0 Å². The minimum absolute atomic E-state index is 0.802. The zero-order valence-corrected chi connectivity index (χ0v) is 11.9. The van der Waals surface area contributed by atoms with Gasteiger partial charge in [-0.3, -0.25) is 0 Å². The Kier molecular flexibility index (Phi) is 5.33. The fourth-order valence-corrected chi connectivity index (χ4v) is 2.91. The first-order chi connectivity index (χ1) is 8.75. The van der Waals surface area contributed by atoms with Gasteiger partial charge in [0.05, 0.1) is 10.7 Å². The minimum atomic E-state index is 0.802. The summed E-state index contributed by atoms with van der Waals surface area (Å²) in [7, 11) is 2.21. The molecule has 2 rings (SSSR count). The molecule has 1 N–H and O–H groups in total. The fourth-order valence-electron chi connectivity index (χ4n) is 2.71. The minimum Gasteiger partial charge on any atom is -0.383 e. The summed E-state index contributed by atoms with van der Waals surface area (Å²) in [4.78, 5) is 2.43. The van der Waals surface area contributed by atoms with E-state index >= 15 is 0 Å². The van der Waals surface area contributed by atoms with E-state index in [1.807, 2.05) is 24.3 Å². The van der Waals surface area contributed by atoms with Crippen molar-refractivity contribution < 1.29 is 0 Å². The molecule has 1 fully saturated rings. The topological polar surface area (TPSA) is 15.3 Å². The van der Waals surface area contributed by atoms with Crippen LogP contribution < -0.4 is 5.32 Å². The average Bonchev–Trinajstić information content (AvgIpc) is 2.84. The Labute approximate surface area is 115 Å². The third-order valence-electron chi connectivity index (χ3n) is 3.73. The molecule has 2 nitrogen and oxygen atoms in total. The largest absolute Gasteiger partial charge is 0.383 e. The van der Waals surface area contributed by atoms with Crippen LogP contribution >= 0.6 is 11.6 Å². The standard InChI is InChI=1S/C15H23ClN2/c1-18(12-13-6-2-3-7-13)11-10-17-15-9-5-4-8-14(15)16/h4-5,8-9,13,17H,2-3,6-7,10-12H2,1H3. The predicted molar refractivity (Wildman–Crippen MR) is 79.4 cm³/mol.